The van der Waals surface area contributed by atoms with Crippen molar-refractivity contribution in [1.29, 1.82) is 0 Å². The zero-order chi connectivity index (χ0) is 15.0. The molecular weight excluding hydrogens is 332 g/mol. The van der Waals surface area contributed by atoms with Gasteiger partial charge in [0.2, 0.25) is 5.91 Å². The molecule has 2 N–H and O–H groups in total. The molecule has 1 aliphatic heterocycles. The number of hydrogen-bond donors (Lipinski definition) is 1. The summed E-state index contributed by atoms with van der Waals surface area (Å²) < 4.78 is 1.01. The van der Waals surface area contributed by atoms with E-state index in [9.17, 15) is 9.59 Å². The molecule has 0 radical (unpaired) electrons. The molecule has 1 aliphatic rings. The lowest BCUT2D eigenvalue weighted by Crippen LogP contribution is -2.31. The average Bonchev–Trinajstić information content (AvgIpc) is 2.96. The molecule has 2 aromatic rings. The lowest BCUT2D eigenvalue weighted by molar-refractivity contribution is -0.121. The summed E-state index contributed by atoms with van der Waals surface area (Å²) in [6.45, 7) is 1.01. The van der Waals surface area contributed by atoms with E-state index >= 15 is 0 Å². The summed E-state index contributed by atoms with van der Waals surface area (Å²) in [6, 6.07) is 11.6. The Balaban J connectivity index is 1.85. The fraction of sp³-hybridized carbons (Fsp3) is 0.250. The first-order valence-electron chi connectivity index (χ1n) is 6.82. The van der Waals surface area contributed by atoms with Gasteiger partial charge < -0.3 is 10.6 Å². The number of amides is 2. The molecule has 2 aromatic carbocycles. The SMILES string of the molecule is NC(=O)C1CCN(C(=O)c2ccc3cc(Br)ccc3c2)C1. The molecule has 0 aliphatic carbocycles. The minimum Gasteiger partial charge on any atom is -0.369 e. The van der Waals surface area contributed by atoms with Crippen molar-refractivity contribution >= 4 is 38.5 Å². The molecule has 5 heteroatoms. The highest BCUT2D eigenvalue weighted by atomic mass is 79.9. The lowest BCUT2D eigenvalue weighted by Gasteiger charge is -2.16. The molecule has 3 rings (SSSR count). The Hall–Kier alpha value is -1.88. The number of fused-ring (bicyclic) bond motifs is 1. The molecule has 0 aromatic heterocycles. The third-order valence-electron chi connectivity index (χ3n) is 3.93. The van der Waals surface area contributed by atoms with Gasteiger partial charge in [-0.3, -0.25) is 9.59 Å². The zero-order valence-electron chi connectivity index (χ0n) is 11.4. The fourth-order valence-electron chi connectivity index (χ4n) is 2.71. The highest BCUT2D eigenvalue weighted by Gasteiger charge is 2.30. The number of halogens is 1. The van der Waals surface area contributed by atoms with Gasteiger partial charge in [0.1, 0.15) is 0 Å². The Kier molecular flexibility index (Phi) is 3.68. The number of likely N-dealkylation sites (tertiary alicyclic amines) is 1. The predicted molar refractivity (Wildman–Crippen MR) is 84.9 cm³/mol. The van der Waals surface area contributed by atoms with Gasteiger partial charge in [-0.25, -0.2) is 0 Å². The number of hydrogen-bond acceptors (Lipinski definition) is 2. The van der Waals surface area contributed by atoms with Crippen molar-refractivity contribution < 1.29 is 9.59 Å². The van der Waals surface area contributed by atoms with Crippen molar-refractivity contribution in [2.45, 2.75) is 6.42 Å². The molecule has 21 heavy (non-hydrogen) atoms. The molecule has 0 saturated carbocycles. The Morgan fingerprint density at radius 2 is 1.86 bits per heavy atom. The Morgan fingerprint density at radius 3 is 2.57 bits per heavy atom. The highest BCUT2D eigenvalue weighted by molar-refractivity contribution is 9.10. The van der Waals surface area contributed by atoms with E-state index in [1.807, 2.05) is 36.4 Å². The minimum atomic E-state index is -0.325. The number of benzene rings is 2. The highest BCUT2D eigenvalue weighted by Crippen LogP contribution is 2.23. The third-order valence-corrected chi connectivity index (χ3v) is 4.42. The van der Waals surface area contributed by atoms with Crippen molar-refractivity contribution in [2.75, 3.05) is 13.1 Å². The molecule has 1 saturated heterocycles. The van der Waals surface area contributed by atoms with Crippen molar-refractivity contribution in [3.63, 3.8) is 0 Å². The average molecular weight is 347 g/mol. The van der Waals surface area contributed by atoms with Crippen LogP contribution in [0.25, 0.3) is 10.8 Å². The van der Waals surface area contributed by atoms with Crippen molar-refractivity contribution in [1.82, 2.24) is 4.90 Å². The van der Waals surface area contributed by atoms with Gasteiger partial charge in [-0.2, -0.15) is 0 Å². The van der Waals surface area contributed by atoms with Gasteiger partial charge in [0.05, 0.1) is 5.92 Å². The van der Waals surface area contributed by atoms with Crippen LogP contribution >= 0.6 is 15.9 Å². The minimum absolute atomic E-state index is 0.0384. The van der Waals surface area contributed by atoms with E-state index in [2.05, 4.69) is 15.9 Å². The van der Waals surface area contributed by atoms with Crippen LogP contribution < -0.4 is 5.73 Å². The Labute approximate surface area is 131 Å². The molecule has 4 nitrogen and oxygen atoms in total. The standard InChI is InChI=1S/C16H15BrN2O2/c17-14-4-3-10-7-12(2-1-11(10)8-14)16(21)19-6-5-13(9-19)15(18)20/h1-4,7-8,13H,5-6,9H2,(H2,18,20). The molecule has 0 bridgehead atoms. The summed E-state index contributed by atoms with van der Waals surface area (Å²) in [6.07, 6.45) is 0.654. The van der Waals surface area contributed by atoms with Crippen LogP contribution in [0.2, 0.25) is 0 Å². The van der Waals surface area contributed by atoms with Crippen LogP contribution in [-0.4, -0.2) is 29.8 Å². The van der Waals surface area contributed by atoms with Crippen LogP contribution in [0.5, 0.6) is 0 Å². The van der Waals surface area contributed by atoms with Crippen LogP contribution in [0.15, 0.2) is 40.9 Å². The van der Waals surface area contributed by atoms with Gasteiger partial charge in [-0.05, 0) is 41.5 Å². The van der Waals surface area contributed by atoms with Crippen molar-refractivity contribution in [3.8, 4) is 0 Å². The lowest BCUT2D eigenvalue weighted by atomic mass is 10.1. The molecule has 1 heterocycles. The number of nitrogens with zero attached hydrogens (tertiary/aromatic N) is 1. The second-order valence-corrected chi connectivity index (χ2v) is 6.26. The number of nitrogens with two attached hydrogens (primary N) is 1. The van der Waals surface area contributed by atoms with E-state index < -0.39 is 0 Å². The van der Waals surface area contributed by atoms with Crippen LogP contribution in [0.4, 0.5) is 0 Å². The van der Waals surface area contributed by atoms with E-state index in [4.69, 9.17) is 5.73 Å². The van der Waals surface area contributed by atoms with Gasteiger partial charge >= 0.3 is 0 Å². The van der Waals surface area contributed by atoms with Gasteiger partial charge in [0.15, 0.2) is 0 Å². The van der Waals surface area contributed by atoms with Gasteiger partial charge in [0.25, 0.3) is 5.91 Å². The van der Waals surface area contributed by atoms with E-state index in [1.165, 1.54) is 0 Å². The van der Waals surface area contributed by atoms with Crippen LogP contribution in [-0.2, 0) is 4.79 Å². The van der Waals surface area contributed by atoms with Gasteiger partial charge in [-0.15, -0.1) is 0 Å². The van der Waals surface area contributed by atoms with Crippen molar-refractivity contribution in [3.05, 3.63) is 46.4 Å². The molecule has 2 amide bonds. The zero-order valence-corrected chi connectivity index (χ0v) is 13.0. The Morgan fingerprint density at radius 1 is 1.14 bits per heavy atom. The normalized spacial score (nSPS) is 18.1. The number of carbonyl (C=O) groups is 2. The summed E-state index contributed by atoms with van der Waals surface area (Å²) in [5, 5.41) is 2.10. The maximum atomic E-state index is 12.5. The Bertz CT molecular complexity index is 729. The molecule has 1 atom stereocenters. The van der Waals surface area contributed by atoms with Crippen LogP contribution in [0.3, 0.4) is 0 Å². The summed E-state index contributed by atoms with van der Waals surface area (Å²) >= 11 is 3.43. The maximum Gasteiger partial charge on any atom is 0.253 e. The second kappa shape index (κ2) is 5.48. The first kappa shape index (κ1) is 14.1. The second-order valence-electron chi connectivity index (χ2n) is 5.35. The first-order chi connectivity index (χ1) is 10.0. The third kappa shape index (κ3) is 2.78. The largest absolute Gasteiger partial charge is 0.369 e. The molecule has 1 unspecified atom stereocenters. The maximum absolute atomic E-state index is 12.5. The first-order valence-corrected chi connectivity index (χ1v) is 7.62. The number of primary amides is 1. The van der Waals surface area contributed by atoms with E-state index in [-0.39, 0.29) is 17.7 Å². The molecule has 0 spiro atoms. The van der Waals surface area contributed by atoms with E-state index in [0.29, 0.717) is 25.1 Å². The monoisotopic (exact) mass is 346 g/mol. The predicted octanol–water partition coefficient (Wildman–Crippen LogP) is 2.55. The van der Waals surface area contributed by atoms with Crippen molar-refractivity contribution in [2.24, 2.45) is 11.7 Å². The fourth-order valence-corrected chi connectivity index (χ4v) is 3.09. The number of carbonyl (C=O) groups excluding carboxylic acids is 2. The molecule has 108 valence electrons. The molecular formula is C16H15BrN2O2. The van der Waals surface area contributed by atoms with E-state index in [1.54, 1.807) is 4.90 Å². The number of rotatable bonds is 2. The summed E-state index contributed by atoms with van der Waals surface area (Å²) in [4.78, 5) is 25.4. The van der Waals surface area contributed by atoms with Crippen LogP contribution in [0.1, 0.15) is 16.8 Å². The van der Waals surface area contributed by atoms with Gasteiger partial charge in [-0.1, -0.05) is 28.1 Å². The summed E-state index contributed by atoms with van der Waals surface area (Å²) in [7, 11) is 0. The quantitative estimate of drug-likeness (QED) is 0.908. The smallest absolute Gasteiger partial charge is 0.253 e. The summed E-state index contributed by atoms with van der Waals surface area (Å²) in [5.41, 5.74) is 5.95. The molecule has 1 fully saturated rings. The van der Waals surface area contributed by atoms with Gasteiger partial charge in [0, 0.05) is 23.1 Å². The van der Waals surface area contributed by atoms with E-state index in [0.717, 1.165) is 15.2 Å². The van der Waals surface area contributed by atoms with Crippen LogP contribution in [0, 0.1) is 5.92 Å². The summed E-state index contributed by atoms with van der Waals surface area (Å²) in [5.74, 6) is -0.581. The topological polar surface area (TPSA) is 63.4 Å².